The largest absolute Gasteiger partial charge is 0.493 e. The summed E-state index contributed by atoms with van der Waals surface area (Å²) in [5, 5.41) is 3.59. The van der Waals surface area contributed by atoms with Crippen molar-refractivity contribution >= 4 is 5.97 Å². The smallest absolute Gasteiger partial charge is 0.313 e. The summed E-state index contributed by atoms with van der Waals surface area (Å²) in [5.41, 5.74) is 3.60. The minimum atomic E-state index is -0.641. The number of fused-ring (bicyclic) bond motifs is 2. The van der Waals surface area contributed by atoms with E-state index >= 15 is 0 Å². The fourth-order valence-corrected chi connectivity index (χ4v) is 3.87. The van der Waals surface area contributed by atoms with E-state index < -0.39 is 6.29 Å². The van der Waals surface area contributed by atoms with Crippen LogP contribution in [0.15, 0.2) is 30.3 Å². The molecule has 0 radical (unpaired) electrons. The number of rotatable bonds is 6. The molecule has 2 aromatic carbocycles. The molecule has 0 bridgehead atoms. The molecule has 0 spiro atoms. The summed E-state index contributed by atoms with van der Waals surface area (Å²) in [6.07, 6.45) is 1.15. The van der Waals surface area contributed by atoms with Gasteiger partial charge in [0, 0.05) is 6.04 Å². The Kier molecular flexibility index (Phi) is 5.49. The van der Waals surface area contributed by atoms with Gasteiger partial charge in [0.1, 0.15) is 6.42 Å². The molecule has 1 N–H and O–H groups in total. The highest BCUT2D eigenvalue weighted by Crippen LogP contribution is 2.39. The van der Waals surface area contributed by atoms with Crippen LogP contribution < -0.4 is 24.3 Å². The molecule has 2 unspecified atom stereocenters. The Morgan fingerprint density at radius 2 is 1.83 bits per heavy atom. The van der Waals surface area contributed by atoms with Crippen LogP contribution in [-0.2, 0) is 22.4 Å². The molecule has 0 saturated carbocycles. The van der Waals surface area contributed by atoms with Crippen molar-refractivity contribution in [2.45, 2.75) is 31.6 Å². The predicted molar refractivity (Wildman–Crippen MR) is 106 cm³/mol. The van der Waals surface area contributed by atoms with E-state index in [2.05, 4.69) is 22.2 Å². The van der Waals surface area contributed by atoms with Gasteiger partial charge in [-0.05, 0) is 60.3 Å². The van der Waals surface area contributed by atoms with Crippen molar-refractivity contribution < 1.29 is 28.5 Å². The quantitative estimate of drug-likeness (QED) is 0.749. The summed E-state index contributed by atoms with van der Waals surface area (Å²) < 4.78 is 27.0. The molecule has 2 aliphatic rings. The van der Waals surface area contributed by atoms with Crippen LogP contribution in [0.4, 0.5) is 0 Å². The van der Waals surface area contributed by atoms with Gasteiger partial charge in [0.15, 0.2) is 23.0 Å². The zero-order valence-electron chi connectivity index (χ0n) is 16.8. The number of methoxy groups -OCH3 is 3. The zero-order chi connectivity index (χ0) is 20.4. The number of benzene rings is 2. The molecule has 2 atom stereocenters. The number of ether oxygens (including phenoxy) is 5. The molecule has 4 rings (SSSR count). The van der Waals surface area contributed by atoms with E-state index in [1.54, 1.807) is 14.2 Å². The third-order valence-electron chi connectivity index (χ3n) is 5.33. The standard InChI is InChI=1S/C22H25NO6/c1-25-18-10-14-6-7-23-16(15(14)11-19(18)26-2)8-13-4-5-17-20(9-13)29-22(28-17)12-21(24)27-3/h4-5,9-11,16,22-23H,6-8,12H2,1-3H3. The highest BCUT2D eigenvalue weighted by Gasteiger charge is 2.28. The SMILES string of the molecule is COC(=O)CC1Oc2ccc(CC3NCCc4cc(OC)c(OC)cc43)cc2O1. The van der Waals surface area contributed by atoms with E-state index in [1.165, 1.54) is 18.2 Å². The maximum absolute atomic E-state index is 11.5. The molecule has 7 heteroatoms. The molecule has 0 aliphatic carbocycles. The van der Waals surface area contributed by atoms with Crippen molar-refractivity contribution in [1.29, 1.82) is 0 Å². The maximum atomic E-state index is 11.5. The Bertz CT molecular complexity index is 912. The van der Waals surface area contributed by atoms with E-state index in [9.17, 15) is 4.79 Å². The first-order valence-corrected chi connectivity index (χ1v) is 9.62. The molecule has 0 amide bonds. The van der Waals surface area contributed by atoms with Gasteiger partial charge in [-0.25, -0.2) is 0 Å². The molecule has 0 fully saturated rings. The van der Waals surface area contributed by atoms with Crippen LogP contribution in [0.2, 0.25) is 0 Å². The summed E-state index contributed by atoms with van der Waals surface area (Å²) >= 11 is 0. The Morgan fingerprint density at radius 1 is 1.07 bits per heavy atom. The van der Waals surface area contributed by atoms with Crippen molar-refractivity contribution in [3.8, 4) is 23.0 Å². The normalized spacial score (nSPS) is 19.4. The lowest BCUT2D eigenvalue weighted by atomic mass is 9.89. The Labute approximate surface area is 169 Å². The van der Waals surface area contributed by atoms with Crippen LogP contribution >= 0.6 is 0 Å². The Balaban J connectivity index is 1.52. The predicted octanol–water partition coefficient (Wildman–Crippen LogP) is 2.79. The van der Waals surface area contributed by atoms with Crippen LogP contribution in [0, 0.1) is 0 Å². The van der Waals surface area contributed by atoms with Gasteiger partial charge < -0.3 is 29.0 Å². The van der Waals surface area contributed by atoms with Gasteiger partial charge in [-0.15, -0.1) is 0 Å². The number of hydrogen-bond acceptors (Lipinski definition) is 7. The lowest BCUT2D eigenvalue weighted by Gasteiger charge is -2.28. The topological polar surface area (TPSA) is 75.3 Å². The average molecular weight is 399 g/mol. The number of carbonyl (C=O) groups is 1. The fraction of sp³-hybridized carbons (Fsp3) is 0.409. The molecule has 2 heterocycles. The van der Waals surface area contributed by atoms with Gasteiger partial charge in [-0.2, -0.15) is 0 Å². The van der Waals surface area contributed by atoms with Crippen LogP contribution in [0.5, 0.6) is 23.0 Å². The monoisotopic (exact) mass is 399 g/mol. The van der Waals surface area contributed by atoms with Crippen molar-refractivity contribution in [3.63, 3.8) is 0 Å². The van der Waals surface area contributed by atoms with Gasteiger partial charge >= 0.3 is 5.97 Å². The van der Waals surface area contributed by atoms with Crippen molar-refractivity contribution in [1.82, 2.24) is 5.32 Å². The van der Waals surface area contributed by atoms with Gasteiger partial charge in [0.2, 0.25) is 0 Å². The molecule has 154 valence electrons. The first-order chi connectivity index (χ1) is 14.1. The molecule has 29 heavy (non-hydrogen) atoms. The third-order valence-corrected chi connectivity index (χ3v) is 5.33. The summed E-state index contributed by atoms with van der Waals surface area (Å²) in [4.78, 5) is 11.5. The average Bonchev–Trinajstić information content (AvgIpc) is 3.14. The summed E-state index contributed by atoms with van der Waals surface area (Å²) in [6.45, 7) is 0.902. The summed E-state index contributed by atoms with van der Waals surface area (Å²) in [6, 6.07) is 10.2. The fourth-order valence-electron chi connectivity index (χ4n) is 3.87. The lowest BCUT2D eigenvalue weighted by Crippen LogP contribution is -2.31. The van der Waals surface area contributed by atoms with Crippen LogP contribution in [-0.4, -0.2) is 40.1 Å². The Morgan fingerprint density at radius 3 is 2.59 bits per heavy atom. The molecule has 2 aliphatic heterocycles. The third kappa shape index (κ3) is 3.96. The summed E-state index contributed by atoms with van der Waals surface area (Å²) in [7, 11) is 4.66. The second-order valence-electron chi connectivity index (χ2n) is 7.09. The molecular formula is C22H25NO6. The number of hydrogen-bond donors (Lipinski definition) is 1. The van der Waals surface area contributed by atoms with Crippen molar-refractivity contribution in [2.24, 2.45) is 0 Å². The second-order valence-corrected chi connectivity index (χ2v) is 7.09. The number of carbonyl (C=O) groups excluding carboxylic acids is 1. The molecule has 0 saturated heterocycles. The minimum absolute atomic E-state index is 0.0553. The first kappa shape index (κ1) is 19.4. The Hall–Kier alpha value is -2.93. The highest BCUT2D eigenvalue weighted by molar-refractivity contribution is 5.70. The van der Waals surface area contributed by atoms with E-state index in [4.69, 9.17) is 18.9 Å². The minimum Gasteiger partial charge on any atom is -0.493 e. The van der Waals surface area contributed by atoms with E-state index in [-0.39, 0.29) is 18.4 Å². The van der Waals surface area contributed by atoms with E-state index in [0.29, 0.717) is 11.5 Å². The number of esters is 1. The van der Waals surface area contributed by atoms with Crippen molar-refractivity contribution in [3.05, 3.63) is 47.0 Å². The van der Waals surface area contributed by atoms with Crippen LogP contribution in [0.25, 0.3) is 0 Å². The first-order valence-electron chi connectivity index (χ1n) is 9.62. The van der Waals surface area contributed by atoms with Crippen LogP contribution in [0.1, 0.15) is 29.2 Å². The molecule has 0 aromatic heterocycles. The zero-order valence-corrected chi connectivity index (χ0v) is 16.8. The number of nitrogens with one attached hydrogen (secondary N) is 1. The van der Waals surface area contributed by atoms with Gasteiger partial charge in [0.05, 0.1) is 21.3 Å². The van der Waals surface area contributed by atoms with Gasteiger partial charge in [-0.3, -0.25) is 4.79 Å². The van der Waals surface area contributed by atoms with E-state index in [0.717, 1.165) is 36.4 Å². The van der Waals surface area contributed by atoms with Crippen molar-refractivity contribution in [2.75, 3.05) is 27.9 Å². The lowest BCUT2D eigenvalue weighted by molar-refractivity contribution is -0.145. The maximum Gasteiger partial charge on any atom is 0.313 e. The molecule has 2 aromatic rings. The molecule has 7 nitrogen and oxygen atoms in total. The van der Waals surface area contributed by atoms with Gasteiger partial charge in [-0.1, -0.05) is 6.07 Å². The second kappa shape index (κ2) is 8.21. The summed E-state index contributed by atoms with van der Waals surface area (Å²) in [5.74, 6) is 2.42. The van der Waals surface area contributed by atoms with Crippen LogP contribution in [0.3, 0.4) is 0 Å². The highest BCUT2D eigenvalue weighted by atomic mass is 16.7. The molecular weight excluding hydrogens is 374 g/mol. The van der Waals surface area contributed by atoms with Gasteiger partial charge in [0.25, 0.3) is 6.29 Å². The van der Waals surface area contributed by atoms with E-state index in [1.807, 2.05) is 18.2 Å².